The monoisotopic (exact) mass is 252 g/mol. The van der Waals surface area contributed by atoms with Gasteiger partial charge in [0.25, 0.3) is 0 Å². The standard InChI is InChI=1S/C13H13ClO3/c1-3-11(13(16)17-4-2)12(15)9-5-7-10(14)8-6-9/h5-8,12,15H,1,4H2,2H3. The molecule has 1 aromatic carbocycles. The lowest BCUT2D eigenvalue weighted by Gasteiger charge is -2.12. The van der Waals surface area contributed by atoms with Gasteiger partial charge in [0.2, 0.25) is 0 Å². The molecule has 0 amide bonds. The summed E-state index contributed by atoms with van der Waals surface area (Å²) in [6.07, 6.45) is -1.11. The van der Waals surface area contributed by atoms with E-state index in [1.54, 1.807) is 31.2 Å². The van der Waals surface area contributed by atoms with Crippen molar-refractivity contribution in [1.29, 1.82) is 0 Å². The Hall–Kier alpha value is -1.54. The summed E-state index contributed by atoms with van der Waals surface area (Å²) in [5.74, 6) is -0.620. The Morgan fingerprint density at radius 2 is 2.12 bits per heavy atom. The molecule has 0 aliphatic rings. The van der Waals surface area contributed by atoms with Gasteiger partial charge in [-0.05, 0) is 24.6 Å². The number of carbonyl (C=O) groups is 1. The highest BCUT2D eigenvalue weighted by Crippen LogP contribution is 2.23. The SMILES string of the molecule is C=C=C(C(=O)OCC)C(O)c1ccc(Cl)cc1. The normalized spacial score (nSPS) is 11.5. The highest BCUT2D eigenvalue weighted by molar-refractivity contribution is 6.30. The summed E-state index contributed by atoms with van der Waals surface area (Å²) < 4.78 is 4.80. The van der Waals surface area contributed by atoms with Gasteiger partial charge < -0.3 is 9.84 Å². The third kappa shape index (κ3) is 3.46. The van der Waals surface area contributed by atoms with E-state index in [1.807, 2.05) is 0 Å². The molecule has 0 spiro atoms. The number of ether oxygens (including phenoxy) is 1. The van der Waals surface area contributed by atoms with Crippen LogP contribution in [0.5, 0.6) is 0 Å². The van der Waals surface area contributed by atoms with Gasteiger partial charge in [0.05, 0.1) is 6.61 Å². The zero-order valence-corrected chi connectivity index (χ0v) is 10.2. The first-order chi connectivity index (χ1) is 8.10. The average Bonchev–Trinajstić information content (AvgIpc) is 2.31. The maximum absolute atomic E-state index is 11.5. The Labute approximate surface area is 105 Å². The molecule has 0 aliphatic heterocycles. The lowest BCUT2D eigenvalue weighted by atomic mass is 10.0. The molecule has 17 heavy (non-hydrogen) atoms. The third-order valence-electron chi connectivity index (χ3n) is 2.14. The summed E-state index contributed by atoms with van der Waals surface area (Å²) in [4.78, 5) is 11.5. The van der Waals surface area contributed by atoms with Crippen LogP contribution in [0.15, 0.2) is 42.1 Å². The first-order valence-corrected chi connectivity index (χ1v) is 5.48. The summed E-state index contributed by atoms with van der Waals surface area (Å²) in [5, 5.41) is 10.5. The minimum atomic E-state index is -1.11. The molecule has 0 aliphatic carbocycles. The molecule has 3 nitrogen and oxygen atoms in total. The molecule has 1 aromatic rings. The smallest absolute Gasteiger partial charge is 0.344 e. The zero-order valence-electron chi connectivity index (χ0n) is 9.44. The number of carbonyl (C=O) groups excluding carboxylic acids is 1. The summed E-state index contributed by atoms with van der Waals surface area (Å²) >= 11 is 5.73. The van der Waals surface area contributed by atoms with Crippen LogP contribution >= 0.6 is 11.6 Å². The first-order valence-electron chi connectivity index (χ1n) is 5.10. The van der Waals surface area contributed by atoms with Crippen molar-refractivity contribution < 1.29 is 14.6 Å². The van der Waals surface area contributed by atoms with Crippen LogP contribution in [0.3, 0.4) is 0 Å². The molecule has 0 saturated carbocycles. The van der Waals surface area contributed by atoms with Crippen molar-refractivity contribution in [1.82, 2.24) is 0 Å². The van der Waals surface area contributed by atoms with Crippen LogP contribution in [0, 0.1) is 0 Å². The van der Waals surface area contributed by atoms with E-state index in [9.17, 15) is 9.90 Å². The maximum atomic E-state index is 11.5. The van der Waals surface area contributed by atoms with E-state index in [-0.39, 0.29) is 12.2 Å². The molecule has 1 N–H and O–H groups in total. The predicted molar refractivity (Wildman–Crippen MR) is 65.7 cm³/mol. The quantitative estimate of drug-likeness (QED) is 0.509. The van der Waals surface area contributed by atoms with E-state index in [1.165, 1.54) is 0 Å². The average molecular weight is 253 g/mol. The van der Waals surface area contributed by atoms with Crippen molar-refractivity contribution in [3.63, 3.8) is 0 Å². The fourth-order valence-corrected chi connectivity index (χ4v) is 1.43. The Kier molecular flexibility index (Phi) is 4.98. The molecule has 0 heterocycles. The van der Waals surface area contributed by atoms with E-state index in [0.717, 1.165) is 0 Å². The Morgan fingerprint density at radius 3 is 2.59 bits per heavy atom. The molecule has 0 saturated heterocycles. The lowest BCUT2D eigenvalue weighted by Crippen LogP contribution is -2.14. The molecular weight excluding hydrogens is 240 g/mol. The second kappa shape index (κ2) is 6.26. The van der Waals surface area contributed by atoms with Crippen molar-refractivity contribution in [2.75, 3.05) is 6.61 Å². The van der Waals surface area contributed by atoms with Crippen molar-refractivity contribution in [2.24, 2.45) is 0 Å². The second-order valence-corrected chi connectivity index (χ2v) is 3.70. The van der Waals surface area contributed by atoms with Gasteiger partial charge in [-0.3, -0.25) is 0 Å². The van der Waals surface area contributed by atoms with Gasteiger partial charge in [0.15, 0.2) is 0 Å². The third-order valence-corrected chi connectivity index (χ3v) is 2.40. The maximum Gasteiger partial charge on any atom is 0.344 e. The molecule has 1 rings (SSSR count). The van der Waals surface area contributed by atoms with Crippen molar-refractivity contribution >= 4 is 17.6 Å². The number of halogens is 1. The molecule has 4 heteroatoms. The van der Waals surface area contributed by atoms with Gasteiger partial charge in [-0.2, -0.15) is 0 Å². The fraction of sp³-hybridized carbons (Fsp3) is 0.231. The van der Waals surface area contributed by atoms with Crippen LogP contribution in [0.4, 0.5) is 0 Å². The summed E-state index contributed by atoms with van der Waals surface area (Å²) in [6.45, 7) is 5.30. The predicted octanol–water partition coefficient (Wildman–Crippen LogP) is 2.65. The number of aliphatic hydroxyl groups excluding tert-OH is 1. The number of aliphatic hydroxyl groups is 1. The number of rotatable bonds is 4. The molecule has 1 atom stereocenters. The van der Waals surface area contributed by atoms with Crippen LogP contribution in [0.25, 0.3) is 0 Å². The van der Waals surface area contributed by atoms with Crippen molar-refractivity contribution in [3.05, 3.63) is 52.7 Å². The zero-order chi connectivity index (χ0) is 12.8. The van der Waals surface area contributed by atoms with E-state index in [0.29, 0.717) is 10.6 Å². The fourth-order valence-electron chi connectivity index (χ4n) is 1.30. The number of benzene rings is 1. The van der Waals surface area contributed by atoms with Crippen molar-refractivity contribution in [2.45, 2.75) is 13.0 Å². The molecule has 0 radical (unpaired) electrons. The minimum absolute atomic E-state index is 0.00540. The Bertz CT molecular complexity index is 444. The van der Waals surface area contributed by atoms with E-state index >= 15 is 0 Å². The van der Waals surface area contributed by atoms with Gasteiger partial charge in [-0.25, -0.2) is 4.79 Å². The molecule has 0 bridgehead atoms. The van der Waals surface area contributed by atoms with Crippen LogP contribution in [0.1, 0.15) is 18.6 Å². The van der Waals surface area contributed by atoms with Crippen LogP contribution < -0.4 is 0 Å². The number of hydrogen-bond acceptors (Lipinski definition) is 3. The number of esters is 1. The lowest BCUT2D eigenvalue weighted by molar-refractivity contribution is -0.139. The Balaban J connectivity index is 2.94. The van der Waals surface area contributed by atoms with E-state index in [4.69, 9.17) is 16.3 Å². The van der Waals surface area contributed by atoms with Crippen LogP contribution in [0.2, 0.25) is 5.02 Å². The minimum Gasteiger partial charge on any atom is -0.462 e. The summed E-state index contributed by atoms with van der Waals surface area (Å²) in [6, 6.07) is 6.52. The topological polar surface area (TPSA) is 46.5 Å². The molecule has 0 aromatic heterocycles. The van der Waals surface area contributed by atoms with Gasteiger partial charge in [-0.15, -0.1) is 5.73 Å². The largest absolute Gasteiger partial charge is 0.462 e. The highest BCUT2D eigenvalue weighted by Gasteiger charge is 2.21. The first kappa shape index (κ1) is 13.5. The van der Waals surface area contributed by atoms with Gasteiger partial charge in [-0.1, -0.05) is 30.3 Å². The van der Waals surface area contributed by atoms with Gasteiger partial charge in [0.1, 0.15) is 11.7 Å². The number of hydrogen-bond donors (Lipinski definition) is 1. The Morgan fingerprint density at radius 1 is 1.53 bits per heavy atom. The summed E-state index contributed by atoms with van der Waals surface area (Å²) in [5.41, 5.74) is 2.94. The van der Waals surface area contributed by atoms with Gasteiger partial charge >= 0.3 is 5.97 Å². The molecule has 1 unspecified atom stereocenters. The molecule has 0 fully saturated rings. The van der Waals surface area contributed by atoms with Gasteiger partial charge in [0, 0.05) is 5.02 Å². The van der Waals surface area contributed by atoms with E-state index in [2.05, 4.69) is 12.3 Å². The van der Waals surface area contributed by atoms with E-state index < -0.39 is 12.1 Å². The van der Waals surface area contributed by atoms with Crippen molar-refractivity contribution in [3.8, 4) is 0 Å². The molecular formula is C13H13ClO3. The highest BCUT2D eigenvalue weighted by atomic mass is 35.5. The molecule has 90 valence electrons. The van der Waals surface area contributed by atoms with Crippen LogP contribution in [-0.2, 0) is 9.53 Å². The summed E-state index contributed by atoms with van der Waals surface area (Å²) in [7, 11) is 0. The van der Waals surface area contributed by atoms with Crippen LogP contribution in [-0.4, -0.2) is 17.7 Å². The second-order valence-electron chi connectivity index (χ2n) is 3.27.